The summed E-state index contributed by atoms with van der Waals surface area (Å²) in [7, 11) is 0. The zero-order valence-electron chi connectivity index (χ0n) is 11.9. The van der Waals surface area contributed by atoms with Gasteiger partial charge in [0, 0.05) is 24.0 Å². The molecule has 0 aromatic heterocycles. The normalized spacial score (nSPS) is 10.0. The number of nitrogen functional groups attached to an aromatic ring is 1. The topological polar surface area (TPSA) is 84.2 Å². The van der Waals surface area contributed by atoms with Crippen LogP contribution in [-0.4, -0.2) is 11.8 Å². The van der Waals surface area contributed by atoms with Crippen molar-refractivity contribution < 1.29 is 9.59 Å². The smallest absolute Gasteiger partial charge is 0.258 e. The van der Waals surface area contributed by atoms with Crippen LogP contribution in [0.25, 0.3) is 0 Å². The van der Waals surface area contributed by atoms with E-state index in [0.717, 1.165) is 5.56 Å². The highest BCUT2D eigenvalue weighted by Crippen LogP contribution is 2.19. The molecule has 0 saturated heterocycles. The second kappa shape index (κ2) is 6.09. The Kier molecular flexibility index (Phi) is 4.23. The van der Waals surface area contributed by atoms with E-state index < -0.39 is 0 Å². The van der Waals surface area contributed by atoms with Gasteiger partial charge in [0.25, 0.3) is 5.91 Å². The van der Waals surface area contributed by atoms with E-state index in [2.05, 4.69) is 10.6 Å². The van der Waals surface area contributed by atoms with Crippen LogP contribution in [0.2, 0.25) is 0 Å². The number of nitrogens with one attached hydrogen (secondary N) is 2. The SMILES string of the molecule is CC(=O)Nc1ccc(NC(=O)c2c(C)cccc2N)cc1. The van der Waals surface area contributed by atoms with Crippen molar-refractivity contribution >= 4 is 28.9 Å². The van der Waals surface area contributed by atoms with E-state index in [0.29, 0.717) is 22.6 Å². The van der Waals surface area contributed by atoms with Gasteiger partial charge in [0.05, 0.1) is 5.56 Å². The molecule has 0 heterocycles. The van der Waals surface area contributed by atoms with Gasteiger partial charge < -0.3 is 16.4 Å². The highest BCUT2D eigenvalue weighted by atomic mass is 16.2. The summed E-state index contributed by atoms with van der Waals surface area (Å²) in [4.78, 5) is 23.2. The zero-order valence-corrected chi connectivity index (χ0v) is 11.9. The maximum atomic E-state index is 12.3. The van der Waals surface area contributed by atoms with Gasteiger partial charge in [-0.3, -0.25) is 9.59 Å². The molecule has 4 N–H and O–H groups in total. The van der Waals surface area contributed by atoms with Crippen molar-refractivity contribution in [3.8, 4) is 0 Å². The van der Waals surface area contributed by atoms with Crippen molar-refractivity contribution in [3.63, 3.8) is 0 Å². The third-order valence-corrected chi connectivity index (χ3v) is 3.00. The molecule has 0 aliphatic rings. The van der Waals surface area contributed by atoms with E-state index in [1.54, 1.807) is 30.3 Å². The molecule has 0 radical (unpaired) electrons. The minimum absolute atomic E-state index is 0.139. The van der Waals surface area contributed by atoms with Crippen LogP contribution < -0.4 is 16.4 Å². The molecule has 5 heteroatoms. The molecule has 0 saturated carbocycles. The summed E-state index contributed by atoms with van der Waals surface area (Å²) < 4.78 is 0. The Hall–Kier alpha value is -2.82. The Morgan fingerprint density at radius 1 is 0.952 bits per heavy atom. The van der Waals surface area contributed by atoms with Crippen molar-refractivity contribution in [2.45, 2.75) is 13.8 Å². The summed E-state index contributed by atoms with van der Waals surface area (Å²) in [6.45, 7) is 3.28. The number of anilines is 3. The number of nitrogens with two attached hydrogens (primary N) is 1. The maximum Gasteiger partial charge on any atom is 0.258 e. The van der Waals surface area contributed by atoms with Crippen molar-refractivity contribution in [1.29, 1.82) is 0 Å². The summed E-state index contributed by atoms with van der Waals surface area (Å²) >= 11 is 0. The number of benzene rings is 2. The van der Waals surface area contributed by atoms with Gasteiger partial charge in [0.2, 0.25) is 5.91 Å². The van der Waals surface area contributed by atoms with Crippen LogP contribution in [0.5, 0.6) is 0 Å². The molecule has 0 atom stereocenters. The molecule has 2 amide bonds. The molecule has 5 nitrogen and oxygen atoms in total. The fraction of sp³-hybridized carbons (Fsp3) is 0.125. The molecule has 0 aliphatic heterocycles. The summed E-state index contributed by atoms with van der Waals surface area (Å²) in [6, 6.07) is 12.2. The molecular formula is C16H17N3O2. The van der Waals surface area contributed by atoms with Gasteiger partial charge in [0.1, 0.15) is 0 Å². The Labute approximate surface area is 123 Å². The lowest BCUT2D eigenvalue weighted by Crippen LogP contribution is -2.15. The predicted molar refractivity (Wildman–Crippen MR) is 84.3 cm³/mol. The van der Waals surface area contributed by atoms with Gasteiger partial charge in [0.15, 0.2) is 0 Å². The van der Waals surface area contributed by atoms with Gasteiger partial charge in [-0.15, -0.1) is 0 Å². The van der Waals surface area contributed by atoms with Crippen LogP contribution in [0, 0.1) is 6.92 Å². The van der Waals surface area contributed by atoms with Gasteiger partial charge in [-0.2, -0.15) is 0 Å². The van der Waals surface area contributed by atoms with E-state index in [1.807, 2.05) is 19.1 Å². The van der Waals surface area contributed by atoms with Crippen LogP contribution in [0.3, 0.4) is 0 Å². The van der Waals surface area contributed by atoms with Gasteiger partial charge in [-0.25, -0.2) is 0 Å². The molecule has 2 rings (SSSR count). The van der Waals surface area contributed by atoms with Crippen molar-refractivity contribution in [2.24, 2.45) is 0 Å². The highest BCUT2D eigenvalue weighted by Gasteiger charge is 2.12. The average Bonchev–Trinajstić information content (AvgIpc) is 2.40. The Balaban J connectivity index is 2.14. The first-order chi connectivity index (χ1) is 9.97. The van der Waals surface area contributed by atoms with Crippen molar-refractivity contribution in [3.05, 3.63) is 53.6 Å². The number of carbonyl (C=O) groups is 2. The molecule has 21 heavy (non-hydrogen) atoms. The first-order valence-electron chi connectivity index (χ1n) is 6.51. The van der Waals surface area contributed by atoms with Gasteiger partial charge in [-0.05, 0) is 42.8 Å². The Bertz CT molecular complexity index is 658. The molecule has 0 bridgehead atoms. The average molecular weight is 283 g/mol. The molecule has 108 valence electrons. The molecule has 2 aromatic carbocycles. The minimum Gasteiger partial charge on any atom is -0.398 e. The fourth-order valence-corrected chi connectivity index (χ4v) is 2.03. The van der Waals surface area contributed by atoms with E-state index in [9.17, 15) is 9.59 Å². The summed E-state index contributed by atoms with van der Waals surface area (Å²) in [5, 5.41) is 5.45. The van der Waals surface area contributed by atoms with Crippen LogP contribution in [-0.2, 0) is 4.79 Å². The van der Waals surface area contributed by atoms with Gasteiger partial charge >= 0.3 is 0 Å². The summed E-state index contributed by atoms with van der Waals surface area (Å²) in [5.41, 5.74) is 8.90. The quantitative estimate of drug-likeness (QED) is 0.757. The zero-order chi connectivity index (χ0) is 15.4. The number of amides is 2. The first-order valence-corrected chi connectivity index (χ1v) is 6.51. The highest BCUT2D eigenvalue weighted by molar-refractivity contribution is 6.08. The third-order valence-electron chi connectivity index (χ3n) is 3.00. The Morgan fingerprint density at radius 3 is 2.05 bits per heavy atom. The lowest BCUT2D eigenvalue weighted by atomic mass is 10.1. The molecule has 0 aliphatic carbocycles. The fourth-order valence-electron chi connectivity index (χ4n) is 2.03. The lowest BCUT2D eigenvalue weighted by molar-refractivity contribution is -0.114. The predicted octanol–water partition coefficient (Wildman–Crippen LogP) is 2.79. The van der Waals surface area contributed by atoms with Crippen LogP contribution in [0.1, 0.15) is 22.8 Å². The van der Waals surface area contributed by atoms with Crippen molar-refractivity contribution in [2.75, 3.05) is 16.4 Å². The monoisotopic (exact) mass is 283 g/mol. The minimum atomic E-state index is -0.252. The summed E-state index contributed by atoms with van der Waals surface area (Å²) in [6.07, 6.45) is 0. The second-order valence-electron chi connectivity index (χ2n) is 4.75. The molecule has 0 fully saturated rings. The second-order valence-corrected chi connectivity index (χ2v) is 4.75. The number of hydrogen-bond donors (Lipinski definition) is 3. The summed E-state index contributed by atoms with van der Waals surface area (Å²) in [5.74, 6) is -0.391. The maximum absolute atomic E-state index is 12.3. The third kappa shape index (κ3) is 3.60. The standard InChI is InChI=1S/C16H17N3O2/c1-10-4-3-5-14(17)15(10)16(21)19-13-8-6-12(7-9-13)18-11(2)20/h3-9H,17H2,1-2H3,(H,18,20)(H,19,21). The van der Waals surface area contributed by atoms with Crippen LogP contribution in [0.15, 0.2) is 42.5 Å². The Morgan fingerprint density at radius 2 is 1.52 bits per heavy atom. The number of aryl methyl sites for hydroxylation is 1. The number of carbonyl (C=O) groups excluding carboxylic acids is 2. The lowest BCUT2D eigenvalue weighted by Gasteiger charge is -2.10. The van der Waals surface area contributed by atoms with E-state index in [1.165, 1.54) is 6.92 Å². The van der Waals surface area contributed by atoms with Gasteiger partial charge in [-0.1, -0.05) is 12.1 Å². The van der Waals surface area contributed by atoms with E-state index >= 15 is 0 Å². The van der Waals surface area contributed by atoms with E-state index in [4.69, 9.17) is 5.73 Å². The largest absolute Gasteiger partial charge is 0.398 e. The van der Waals surface area contributed by atoms with Crippen LogP contribution >= 0.6 is 0 Å². The molecule has 0 spiro atoms. The first kappa shape index (κ1) is 14.6. The van der Waals surface area contributed by atoms with Crippen LogP contribution in [0.4, 0.5) is 17.1 Å². The molecule has 2 aromatic rings. The number of rotatable bonds is 3. The van der Waals surface area contributed by atoms with E-state index in [-0.39, 0.29) is 11.8 Å². The molecular weight excluding hydrogens is 266 g/mol. The number of hydrogen-bond acceptors (Lipinski definition) is 3. The molecule has 0 unspecified atom stereocenters. The van der Waals surface area contributed by atoms with Crippen molar-refractivity contribution in [1.82, 2.24) is 0 Å².